The molecule has 3 rings (SSSR count). The van der Waals surface area contributed by atoms with E-state index in [0.717, 1.165) is 5.71 Å². The van der Waals surface area contributed by atoms with E-state index in [4.69, 9.17) is 5.21 Å². The molecule has 0 heterocycles. The Morgan fingerprint density at radius 3 is 2.58 bits per heavy atom. The summed E-state index contributed by atoms with van der Waals surface area (Å²) in [6, 6.07) is 0. The zero-order chi connectivity index (χ0) is 8.93. The summed E-state index contributed by atoms with van der Waals surface area (Å²) in [6.45, 7) is 6.65. The molecule has 1 N–H and O–H groups in total. The third-order valence-electron chi connectivity index (χ3n) is 3.67. The molecule has 3 aliphatic rings. The number of hydrogen-bond acceptors (Lipinski definition) is 2. The molecule has 1 saturated carbocycles. The molecule has 2 bridgehead atoms. The predicted molar refractivity (Wildman–Crippen MR) is 48.4 cm³/mol. The van der Waals surface area contributed by atoms with Gasteiger partial charge in [-0.3, -0.25) is 0 Å². The Labute approximate surface area is 73.0 Å². The van der Waals surface area contributed by atoms with Gasteiger partial charge in [-0.2, -0.15) is 0 Å². The number of rotatable bonds is 0. The predicted octanol–water partition coefficient (Wildman–Crippen LogP) is 2.44. The van der Waals surface area contributed by atoms with Crippen molar-refractivity contribution in [2.75, 3.05) is 0 Å². The van der Waals surface area contributed by atoms with Gasteiger partial charge in [0.2, 0.25) is 0 Å². The van der Waals surface area contributed by atoms with Crippen molar-refractivity contribution >= 4 is 5.71 Å². The molecule has 0 radical (unpaired) electrons. The zero-order valence-electron chi connectivity index (χ0n) is 7.83. The second-order valence-corrected chi connectivity index (χ2v) is 4.58. The molecule has 0 saturated heterocycles. The van der Waals surface area contributed by atoms with Gasteiger partial charge in [-0.25, -0.2) is 0 Å². The average molecular weight is 165 g/mol. The van der Waals surface area contributed by atoms with Gasteiger partial charge < -0.3 is 5.21 Å². The Morgan fingerprint density at radius 1 is 1.50 bits per heavy atom. The van der Waals surface area contributed by atoms with Crippen molar-refractivity contribution in [3.05, 3.63) is 11.6 Å². The quantitative estimate of drug-likeness (QED) is 0.434. The summed E-state index contributed by atoms with van der Waals surface area (Å²) in [5, 5.41) is 12.1. The highest BCUT2D eigenvalue weighted by Crippen LogP contribution is 2.57. The lowest BCUT2D eigenvalue weighted by molar-refractivity contribution is 0.0446. The van der Waals surface area contributed by atoms with Crippen molar-refractivity contribution in [1.82, 2.24) is 0 Å². The first kappa shape index (κ1) is 7.84. The lowest BCUT2D eigenvalue weighted by atomic mass is 9.48. The molecule has 0 spiro atoms. The summed E-state index contributed by atoms with van der Waals surface area (Å²) < 4.78 is 0. The molecule has 0 unspecified atom stereocenters. The van der Waals surface area contributed by atoms with E-state index in [1.54, 1.807) is 0 Å². The van der Waals surface area contributed by atoms with Crippen LogP contribution in [0.2, 0.25) is 0 Å². The molecule has 3 aliphatic carbocycles. The van der Waals surface area contributed by atoms with Crippen molar-refractivity contribution < 1.29 is 5.21 Å². The summed E-state index contributed by atoms with van der Waals surface area (Å²) in [4.78, 5) is 0. The fourth-order valence-corrected chi connectivity index (χ4v) is 2.73. The van der Waals surface area contributed by atoms with E-state index in [1.807, 2.05) is 6.08 Å². The Kier molecular flexibility index (Phi) is 1.39. The van der Waals surface area contributed by atoms with Crippen LogP contribution in [0.5, 0.6) is 0 Å². The molecular formula is C10H15NO. The van der Waals surface area contributed by atoms with Crippen LogP contribution in [0.3, 0.4) is 0 Å². The van der Waals surface area contributed by atoms with Gasteiger partial charge in [0, 0.05) is 5.92 Å². The fraction of sp³-hybridized carbons (Fsp3) is 0.700. The standard InChI is InChI=1S/C10H15NO/c1-6-4-9(11-12)8-5-7(6)10(8,2)3/h4,7-8,12H,5H2,1-3H3/b11-9+/t7-,8+/m1/s1. The summed E-state index contributed by atoms with van der Waals surface area (Å²) >= 11 is 0. The van der Waals surface area contributed by atoms with E-state index in [-0.39, 0.29) is 0 Å². The highest BCUT2D eigenvalue weighted by atomic mass is 16.4. The van der Waals surface area contributed by atoms with Gasteiger partial charge >= 0.3 is 0 Å². The van der Waals surface area contributed by atoms with Gasteiger partial charge in [-0.1, -0.05) is 24.6 Å². The molecule has 1 fully saturated rings. The van der Waals surface area contributed by atoms with Crippen LogP contribution < -0.4 is 0 Å². The zero-order valence-corrected chi connectivity index (χ0v) is 7.83. The lowest BCUT2D eigenvalue weighted by Crippen LogP contribution is -2.52. The highest BCUT2D eigenvalue weighted by Gasteiger charge is 2.53. The maximum atomic E-state index is 8.78. The van der Waals surface area contributed by atoms with E-state index < -0.39 is 0 Å². The van der Waals surface area contributed by atoms with Crippen LogP contribution in [0.4, 0.5) is 0 Å². The van der Waals surface area contributed by atoms with Gasteiger partial charge in [0.1, 0.15) is 0 Å². The monoisotopic (exact) mass is 165 g/mol. The Morgan fingerprint density at radius 2 is 2.17 bits per heavy atom. The van der Waals surface area contributed by atoms with Crippen LogP contribution in [-0.2, 0) is 0 Å². The first-order valence-electron chi connectivity index (χ1n) is 4.47. The molecule has 2 heteroatoms. The minimum Gasteiger partial charge on any atom is -0.411 e. The van der Waals surface area contributed by atoms with Crippen LogP contribution >= 0.6 is 0 Å². The van der Waals surface area contributed by atoms with Crippen molar-refractivity contribution in [1.29, 1.82) is 0 Å². The molecule has 0 aromatic rings. The van der Waals surface area contributed by atoms with Crippen LogP contribution in [0, 0.1) is 17.3 Å². The van der Waals surface area contributed by atoms with E-state index in [2.05, 4.69) is 25.9 Å². The molecule has 2 nitrogen and oxygen atoms in total. The third kappa shape index (κ3) is 0.728. The molecule has 2 atom stereocenters. The lowest BCUT2D eigenvalue weighted by Gasteiger charge is -2.55. The maximum Gasteiger partial charge on any atom is 0.0831 e. The Bertz CT molecular complexity index is 276. The van der Waals surface area contributed by atoms with Crippen LogP contribution in [0.25, 0.3) is 0 Å². The van der Waals surface area contributed by atoms with Crippen LogP contribution in [-0.4, -0.2) is 10.9 Å². The molecule has 66 valence electrons. The second kappa shape index (κ2) is 2.12. The second-order valence-electron chi connectivity index (χ2n) is 4.58. The normalized spacial score (nSPS) is 40.6. The largest absolute Gasteiger partial charge is 0.411 e. The van der Waals surface area contributed by atoms with Crippen molar-refractivity contribution in [3.8, 4) is 0 Å². The SMILES string of the molecule is CC1=C/C(=N\O)[C@@H]2C[C@H]1C2(C)C. The van der Waals surface area contributed by atoms with Crippen molar-refractivity contribution in [3.63, 3.8) is 0 Å². The molecule has 0 aromatic heterocycles. The third-order valence-corrected chi connectivity index (χ3v) is 3.67. The van der Waals surface area contributed by atoms with Gasteiger partial charge in [0.05, 0.1) is 5.71 Å². The smallest absolute Gasteiger partial charge is 0.0831 e. The number of nitrogens with zero attached hydrogens (tertiary/aromatic N) is 1. The maximum absolute atomic E-state index is 8.78. The molecule has 0 aromatic carbocycles. The van der Waals surface area contributed by atoms with Crippen molar-refractivity contribution in [2.45, 2.75) is 27.2 Å². The number of oxime groups is 1. The summed E-state index contributed by atoms with van der Waals surface area (Å²) in [6.07, 6.45) is 3.21. The minimum atomic E-state index is 0.320. The summed E-state index contributed by atoms with van der Waals surface area (Å²) in [7, 11) is 0. The summed E-state index contributed by atoms with van der Waals surface area (Å²) in [5.41, 5.74) is 2.57. The average Bonchev–Trinajstić information content (AvgIpc) is 2.02. The van der Waals surface area contributed by atoms with Gasteiger partial charge in [0.25, 0.3) is 0 Å². The number of hydrogen-bond donors (Lipinski definition) is 1. The molecule has 0 amide bonds. The highest BCUT2D eigenvalue weighted by molar-refractivity contribution is 6.00. The topological polar surface area (TPSA) is 32.6 Å². The van der Waals surface area contributed by atoms with E-state index >= 15 is 0 Å². The van der Waals surface area contributed by atoms with Crippen LogP contribution in [0.1, 0.15) is 27.2 Å². The first-order valence-corrected chi connectivity index (χ1v) is 4.47. The van der Waals surface area contributed by atoms with E-state index in [1.165, 1.54) is 12.0 Å². The van der Waals surface area contributed by atoms with E-state index in [0.29, 0.717) is 17.3 Å². The first-order chi connectivity index (χ1) is 5.57. The number of allylic oxidation sites excluding steroid dienone is 2. The Hall–Kier alpha value is -0.790. The van der Waals surface area contributed by atoms with Gasteiger partial charge in [0.15, 0.2) is 0 Å². The minimum absolute atomic E-state index is 0.320. The van der Waals surface area contributed by atoms with E-state index in [9.17, 15) is 0 Å². The fourth-order valence-electron chi connectivity index (χ4n) is 2.73. The van der Waals surface area contributed by atoms with Crippen LogP contribution in [0.15, 0.2) is 16.8 Å². The van der Waals surface area contributed by atoms with Crippen molar-refractivity contribution in [2.24, 2.45) is 22.4 Å². The molecule has 12 heavy (non-hydrogen) atoms. The Balaban J connectivity index is 2.42. The van der Waals surface area contributed by atoms with Gasteiger partial charge in [-0.05, 0) is 30.8 Å². The number of fused-ring (bicyclic) bond motifs is 1. The van der Waals surface area contributed by atoms with Gasteiger partial charge in [-0.15, -0.1) is 0 Å². The summed E-state index contributed by atoms with van der Waals surface area (Å²) in [5.74, 6) is 1.20. The molecule has 0 aliphatic heterocycles. The molecular weight excluding hydrogens is 150 g/mol.